The Bertz CT molecular complexity index is 330. The van der Waals surface area contributed by atoms with Crippen molar-refractivity contribution in [3.8, 4) is 0 Å². The second-order valence-electron chi connectivity index (χ2n) is 5.23. The smallest absolute Gasteiger partial charge is 0.354 e. The zero-order chi connectivity index (χ0) is 12.6. The summed E-state index contributed by atoms with van der Waals surface area (Å²) >= 11 is 0. The molecule has 3 rings (SSSR count). The standard InChI is InChI=1S/C10H10F6O/c11-9(12,13)8(10(14,15)16)6-2-4-1-5(6)7(3-4)17-8/h4-7H,1-3H2/t4-,5-,6?,7?/m1/s1. The maximum Gasteiger partial charge on any atom is 0.426 e. The lowest BCUT2D eigenvalue weighted by molar-refractivity contribution is -0.383. The van der Waals surface area contributed by atoms with Crippen LogP contribution in [-0.4, -0.2) is 24.1 Å². The van der Waals surface area contributed by atoms with Gasteiger partial charge in [-0.1, -0.05) is 0 Å². The summed E-state index contributed by atoms with van der Waals surface area (Å²) in [6.45, 7) is 0. The predicted octanol–water partition coefficient (Wildman–Crippen LogP) is 3.29. The highest BCUT2D eigenvalue weighted by atomic mass is 19.4. The number of alkyl halides is 6. The summed E-state index contributed by atoms with van der Waals surface area (Å²) in [7, 11) is 0. The average molecular weight is 260 g/mol. The van der Waals surface area contributed by atoms with Crippen molar-refractivity contribution in [2.24, 2.45) is 17.8 Å². The third-order valence-corrected chi connectivity index (χ3v) is 4.45. The van der Waals surface area contributed by atoms with Gasteiger partial charge in [-0.25, -0.2) is 0 Å². The molecule has 3 fully saturated rings. The molecule has 0 aromatic heterocycles. The summed E-state index contributed by atoms with van der Waals surface area (Å²) in [5.41, 5.74) is -3.92. The Morgan fingerprint density at radius 3 is 1.88 bits per heavy atom. The molecule has 0 radical (unpaired) electrons. The second kappa shape index (κ2) is 2.92. The largest absolute Gasteiger partial charge is 0.426 e. The molecular formula is C10H10F6O. The van der Waals surface area contributed by atoms with Crippen molar-refractivity contribution in [2.75, 3.05) is 0 Å². The van der Waals surface area contributed by atoms with E-state index in [9.17, 15) is 26.3 Å². The highest BCUT2D eigenvalue weighted by Gasteiger charge is 2.82. The number of ether oxygens (including phenoxy) is 1. The lowest BCUT2D eigenvalue weighted by Gasteiger charge is -2.37. The first-order valence-electron chi connectivity index (χ1n) is 5.48. The molecule has 2 bridgehead atoms. The van der Waals surface area contributed by atoms with Crippen molar-refractivity contribution in [3.05, 3.63) is 0 Å². The van der Waals surface area contributed by atoms with E-state index in [4.69, 9.17) is 0 Å². The van der Waals surface area contributed by atoms with Gasteiger partial charge in [0.15, 0.2) is 0 Å². The molecular weight excluding hydrogens is 250 g/mol. The van der Waals surface area contributed by atoms with Crippen molar-refractivity contribution in [1.29, 1.82) is 0 Å². The van der Waals surface area contributed by atoms with E-state index in [-0.39, 0.29) is 12.3 Å². The first kappa shape index (κ1) is 11.6. The van der Waals surface area contributed by atoms with E-state index in [0.29, 0.717) is 12.8 Å². The fourth-order valence-corrected chi connectivity index (χ4v) is 3.93. The van der Waals surface area contributed by atoms with Gasteiger partial charge in [-0.05, 0) is 31.1 Å². The van der Waals surface area contributed by atoms with Crippen molar-refractivity contribution in [1.82, 2.24) is 0 Å². The Morgan fingerprint density at radius 2 is 1.47 bits per heavy atom. The molecule has 2 saturated carbocycles. The highest BCUT2D eigenvalue weighted by molar-refractivity contribution is 5.16. The Morgan fingerprint density at radius 1 is 0.882 bits per heavy atom. The zero-order valence-electron chi connectivity index (χ0n) is 8.61. The second-order valence-corrected chi connectivity index (χ2v) is 5.23. The number of hydrogen-bond acceptors (Lipinski definition) is 1. The zero-order valence-corrected chi connectivity index (χ0v) is 8.61. The topological polar surface area (TPSA) is 9.23 Å². The quantitative estimate of drug-likeness (QED) is 0.607. The lowest BCUT2D eigenvalue weighted by atomic mass is 9.78. The van der Waals surface area contributed by atoms with Crippen LogP contribution in [0.4, 0.5) is 26.3 Å². The molecule has 4 atom stereocenters. The van der Waals surface area contributed by atoms with E-state index in [1.165, 1.54) is 0 Å². The molecule has 0 N–H and O–H groups in total. The molecule has 2 aliphatic carbocycles. The van der Waals surface area contributed by atoms with Crippen LogP contribution in [0.5, 0.6) is 0 Å². The van der Waals surface area contributed by atoms with Crippen LogP contribution in [0.1, 0.15) is 19.3 Å². The number of rotatable bonds is 0. The SMILES string of the molecule is FC(F)(F)C1(C(F)(F)F)OC2C[C@H]3CC1[C@H]2C3. The van der Waals surface area contributed by atoms with Gasteiger partial charge in [0.05, 0.1) is 6.10 Å². The third kappa shape index (κ3) is 1.21. The molecule has 2 unspecified atom stereocenters. The van der Waals surface area contributed by atoms with E-state index in [1.807, 2.05) is 0 Å². The molecule has 1 saturated heterocycles. The Balaban J connectivity index is 2.09. The van der Waals surface area contributed by atoms with Crippen LogP contribution in [0.25, 0.3) is 0 Å². The molecule has 98 valence electrons. The number of halogens is 6. The van der Waals surface area contributed by atoms with E-state index in [1.54, 1.807) is 0 Å². The third-order valence-electron chi connectivity index (χ3n) is 4.45. The molecule has 3 aliphatic rings. The molecule has 1 aliphatic heterocycles. The maximum atomic E-state index is 12.9. The number of hydrogen-bond donors (Lipinski definition) is 0. The van der Waals surface area contributed by atoms with Crippen LogP contribution in [0, 0.1) is 17.8 Å². The fraction of sp³-hybridized carbons (Fsp3) is 1.00. The van der Waals surface area contributed by atoms with Gasteiger partial charge >= 0.3 is 12.4 Å². The van der Waals surface area contributed by atoms with Gasteiger partial charge in [0, 0.05) is 5.92 Å². The van der Waals surface area contributed by atoms with Crippen molar-refractivity contribution in [3.63, 3.8) is 0 Å². The summed E-state index contributed by atoms with van der Waals surface area (Å²) < 4.78 is 81.9. The average Bonchev–Trinajstić information content (AvgIpc) is 2.66. The van der Waals surface area contributed by atoms with E-state index in [2.05, 4.69) is 4.74 Å². The summed E-state index contributed by atoms with van der Waals surface area (Å²) in [5, 5.41) is 0. The molecule has 0 aromatic carbocycles. The van der Waals surface area contributed by atoms with Crippen molar-refractivity contribution < 1.29 is 31.1 Å². The molecule has 0 aromatic rings. The first-order chi connectivity index (χ1) is 7.67. The summed E-state index contributed by atoms with van der Waals surface area (Å²) in [6.07, 6.45) is -10.9. The minimum Gasteiger partial charge on any atom is -0.354 e. The number of fused-ring (bicyclic) bond motifs is 1. The van der Waals surface area contributed by atoms with Gasteiger partial charge in [0.2, 0.25) is 0 Å². The van der Waals surface area contributed by atoms with Crippen LogP contribution in [0.3, 0.4) is 0 Å². The van der Waals surface area contributed by atoms with Gasteiger partial charge in [-0.3, -0.25) is 0 Å². The molecule has 1 heterocycles. The van der Waals surface area contributed by atoms with Gasteiger partial charge in [-0.15, -0.1) is 0 Å². The van der Waals surface area contributed by atoms with Crippen LogP contribution >= 0.6 is 0 Å². The van der Waals surface area contributed by atoms with Crippen LogP contribution in [-0.2, 0) is 4.74 Å². The summed E-state index contributed by atoms with van der Waals surface area (Å²) in [6, 6.07) is 0. The van der Waals surface area contributed by atoms with Gasteiger partial charge in [0.1, 0.15) is 0 Å². The molecule has 0 spiro atoms. The normalized spacial score (nSPS) is 43.4. The molecule has 7 heteroatoms. The maximum absolute atomic E-state index is 12.9. The molecule has 17 heavy (non-hydrogen) atoms. The highest BCUT2D eigenvalue weighted by Crippen LogP contribution is 2.67. The minimum atomic E-state index is -5.39. The summed E-state index contributed by atoms with van der Waals surface area (Å²) in [4.78, 5) is 0. The van der Waals surface area contributed by atoms with Gasteiger partial charge in [-0.2, -0.15) is 26.3 Å². The fourth-order valence-electron chi connectivity index (χ4n) is 3.93. The van der Waals surface area contributed by atoms with E-state index in [0.717, 1.165) is 0 Å². The Labute approximate surface area is 93.1 Å². The molecule has 0 amide bonds. The van der Waals surface area contributed by atoms with E-state index < -0.39 is 35.9 Å². The monoisotopic (exact) mass is 260 g/mol. The Kier molecular flexibility index (Phi) is 2.00. The molecule has 1 nitrogen and oxygen atoms in total. The first-order valence-corrected chi connectivity index (χ1v) is 5.48. The Hall–Kier alpha value is -0.460. The predicted molar refractivity (Wildman–Crippen MR) is 44.0 cm³/mol. The summed E-state index contributed by atoms with van der Waals surface area (Å²) in [5.74, 6) is -2.03. The van der Waals surface area contributed by atoms with Crippen molar-refractivity contribution >= 4 is 0 Å². The van der Waals surface area contributed by atoms with Gasteiger partial charge in [0.25, 0.3) is 5.60 Å². The van der Waals surface area contributed by atoms with Crippen molar-refractivity contribution in [2.45, 2.75) is 43.3 Å². The van der Waals surface area contributed by atoms with Crippen LogP contribution in [0.2, 0.25) is 0 Å². The van der Waals surface area contributed by atoms with Gasteiger partial charge < -0.3 is 4.74 Å². The van der Waals surface area contributed by atoms with E-state index >= 15 is 0 Å². The minimum absolute atomic E-state index is 0.0137. The lowest BCUT2D eigenvalue weighted by Crippen LogP contribution is -2.60. The van der Waals surface area contributed by atoms with Crippen LogP contribution < -0.4 is 0 Å². The van der Waals surface area contributed by atoms with Crippen LogP contribution in [0.15, 0.2) is 0 Å².